The summed E-state index contributed by atoms with van der Waals surface area (Å²) >= 11 is 6.49. The largest absolute Gasteiger partial charge is 0.391 e. The summed E-state index contributed by atoms with van der Waals surface area (Å²) in [4.78, 5) is 0. The topological polar surface area (TPSA) is 38.0 Å². The predicted molar refractivity (Wildman–Crippen MR) is 85.2 cm³/mol. The van der Waals surface area contributed by atoms with Crippen molar-refractivity contribution in [2.45, 2.75) is 52.1 Å². The van der Waals surface area contributed by atoms with Crippen LogP contribution in [0.15, 0.2) is 18.2 Å². The molecular weight excluding hydrogens is 284 g/mol. The van der Waals surface area contributed by atoms with E-state index < -0.39 is 0 Å². The molecule has 2 aromatic rings. The molecule has 0 aliphatic heterocycles. The van der Waals surface area contributed by atoms with Crippen LogP contribution in [0.5, 0.6) is 0 Å². The average molecular weight is 305 g/mol. The van der Waals surface area contributed by atoms with Gasteiger partial charge in [-0.2, -0.15) is 5.10 Å². The quantitative estimate of drug-likeness (QED) is 0.918. The van der Waals surface area contributed by atoms with E-state index in [9.17, 15) is 5.11 Å². The SMILES string of the molecule is Cc1cc(C)cc(-n2nc(C3CCCC3)c(CO)c2Cl)c1. The molecule has 1 N–H and O–H groups in total. The minimum Gasteiger partial charge on any atom is -0.391 e. The summed E-state index contributed by atoms with van der Waals surface area (Å²) in [5.74, 6) is 0.441. The van der Waals surface area contributed by atoms with Gasteiger partial charge in [0.15, 0.2) is 0 Å². The second-order valence-corrected chi connectivity index (χ2v) is 6.41. The molecule has 0 radical (unpaired) electrons. The van der Waals surface area contributed by atoms with Crippen molar-refractivity contribution in [2.24, 2.45) is 0 Å². The fourth-order valence-corrected chi connectivity index (χ4v) is 3.66. The van der Waals surface area contributed by atoms with Crippen LogP contribution in [0.1, 0.15) is 54.0 Å². The molecule has 112 valence electrons. The van der Waals surface area contributed by atoms with E-state index in [2.05, 4.69) is 32.0 Å². The van der Waals surface area contributed by atoms with Gasteiger partial charge in [0.2, 0.25) is 0 Å². The molecule has 1 saturated carbocycles. The summed E-state index contributed by atoms with van der Waals surface area (Å²) < 4.78 is 1.78. The molecule has 0 saturated heterocycles. The molecule has 1 aromatic carbocycles. The molecule has 3 nitrogen and oxygen atoms in total. The zero-order valence-corrected chi connectivity index (χ0v) is 13.3. The van der Waals surface area contributed by atoms with Gasteiger partial charge in [-0.3, -0.25) is 0 Å². The maximum Gasteiger partial charge on any atom is 0.138 e. The molecule has 1 heterocycles. The van der Waals surface area contributed by atoms with Crippen molar-refractivity contribution in [2.75, 3.05) is 0 Å². The van der Waals surface area contributed by atoms with E-state index in [1.54, 1.807) is 4.68 Å². The Balaban J connectivity index is 2.10. The Labute approximate surface area is 130 Å². The summed E-state index contributed by atoms with van der Waals surface area (Å²) in [5, 5.41) is 15.0. The third kappa shape index (κ3) is 2.72. The number of aromatic nitrogens is 2. The van der Waals surface area contributed by atoms with Crippen molar-refractivity contribution < 1.29 is 5.11 Å². The van der Waals surface area contributed by atoms with Gasteiger partial charge in [0.05, 0.1) is 18.0 Å². The predicted octanol–water partition coefficient (Wildman–Crippen LogP) is 4.29. The highest BCUT2D eigenvalue weighted by Crippen LogP contribution is 2.38. The van der Waals surface area contributed by atoms with Gasteiger partial charge in [-0.1, -0.05) is 30.5 Å². The van der Waals surface area contributed by atoms with Gasteiger partial charge in [-0.05, 0) is 49.9 Å². The number of hydrogen-bond acceptors (Lipinski definition) is 2. The monoisotopic (exact) mass is 304 g/mol. The molecule has 3 rings (SSSR count). The van der Waals surface area contributed by atoms with Crippen LogP contribution < -0.4 is 0 Å². The Morgan fingerprint density at radius 1 is 1.19 bits per heavy atom. The smallest absolute Gasteiger partial charge is 0.138 e. The molecule has 0 amide bonds. The van der Waals surface area contributed by atoms with Crippen molar-refractivity contribution in [1.82, 2.24) is 9.78 Å². The summed E-state index contributed by atoms with van der Waals surface area (Å²) in [5.41, 5.74) is 5.12. The van der Waals surface area contributed by atoms with E-state index >= 15 is 0 Å². The molecule has 0 unspecified atom stereocenters. The van der Waals surface area contributed by atoms with Crippen LogP contribution in [0.4, 0.5) is 0 Å². The molecule has 0 bridgehead atoms. The van der Waals surface area contributed by atoms with E-state index in [-0.39, 0.29) is 6.61 Å². The van der Waals surface area contributed by atoms with Crippen LogP contribution in [0.3, 0.4) is 0 Å². The third-order valence-corrected chi connectivity index (χ3v) is 4.69. The van der Waals surface area contributed by atoms with E-state index in [4.69, 9.17) is 16.7 Å². The summed E-state index contributed by atoms with van der Waals surface area (Å²) in [6.45, 7) is 4.09. The second-order valence-electron chi connectivity index (χ2n) is 6.05. The van der Waals surface area contributed by atoms with Crippen LogP contribution >= 0.6 is 11.6 Å². The highest BCUT2D eigenvalue weighted by Gasteiger charge is 2.26. The Morgan fingerprint density at radius 2 is 1.81 bits per heavy atom. The molecule has 21 heavy (non-hydrogen) atoms. The lowest BCUT2D eigenvalue weighted by Crippen LogP contribution is -2.00. The highest BCUT2D eigenvalue weighted by atomic mass is 35.5. The van der Waals surface area contributed by atoms with Crippen molar-refractivity contribution in [3.05, 3.63) is 45.7 Å². The minimum absolute atomic E-state index is 0.0462. The summed E-state index contributed by atoms with van der Waals surface area (Å²) in [6, 6.07) is 6.28. The first-order valence-electron chi connectivity index (χ1n) is 7.57. The van der Waals surface area contributed by atoms with E-state index in [0.29, 0.717) is 11.1 Å². The number of aryl methyl sites for hydroxylation is 2. The number of nitrogens with zero attached hydrogens (tertiary/aromatic N) is 2. The fourth-order valence-electron chi connectivity index (χ4n) is 3.36. The number of rotatable bonds is 3. The minimum atomic E-state index is -0.0462. The lowest BCUT2D eigenvalue weighted by atomic mass is 10.0. The number of halogens is 1. The number of benzene rings is 1. The molecule has 1 aliphatic carbocycles. The number of aliphatic hydroxyl groups is 1. The molecule has 1 aliphatic rings. The Kier molecular flexibility index (Phi) is 4.05. The van der Waals surface area contributed by atoms with Crippen LogP contribution in [-0.4, -0.2) is 14.9 Å². The van der Waals surface area contributed by atoms with Gasteiger partial charge in [0.1, 0.15) is 5.15 Å². The van der Waals surface area contributed by atoms with Crippen molar-refractivity contribution >= 4 is 11.6 Å². The third-order valence-electron chi connectivity index (χ3n) is 4.30. The zero-order chi connectivity index (χ0) is 15.0. The Morgan fingerprint density at radius 3 is 2.38 bits per heavy atom. The normalized spacial score (nSPS) is 15.8. The fraction of sp³-hybridized carbons (Fsp3) is 0.471. The first-order valence-corrected chi connectivity index (χ1v) is 7.94. The van der Waals surface area contributed by atoms with E-state index in [1.165, 1.54) is 24.0 Å². The first-order chi connectivity index (χ1) is 10.1. The molecule has 1 aromatic heterocycles. The average Bonchev–Trinajstić information content (AvgIpc) is 3.04. The molecule has 4 heteroatoms. The molecule has 0 spiro atoms. The van der Waals surface area contributed by atoms with Crippen LogP contribution in [0.25, 0.3) is 5.69 Å². The lowest BCUT2D eigenvalue weighted by molar-refractivity contribution is 0.280. The van der Waals surface area contributed by atoms with Crippen molar-refractivity contribution in [1.29, 1.82) is 0 Å². The van der Waals surface area contributed by atoms with Gasteiger partial charge in [-0.25, -0.2) is 4.68 Å². The van der Waals surface area contributed by atoms with Gasteiger partial charge in [0.25, 0.3) is 0 Å². The van der Waals surface area contributed by atoms with Gasteiger partial charge in [0, 0.05) is 11.5 Å². The second kappa shape index (κ2) is 5.82. The van der Waals surface area contributed by atoms with Crippen LogP contribution in [-0.2, 0) is 6.61 Å². The van der Waals surface area contributed by atoms with E-state index in [0.717, 1.165) is 29.8 Å². The molecule has 1 fully saturated rings. The highest BCUT2D eigenvalue weighted by molar-refractivity contribution is 6.30. The van der Waals surface area contributed by atoms with E-state index in [1.807, 2.05) is 0 Å². The molecule has 0 atom stereocenters. The first kappa shape index (κ1) is 14.6. The Bertz CT molecular complexity index is 637. The maximum atomic E-state index is 9.69. The van der Waals surface area contributed by atoms with Crippen LogP contribution in [0.2, 0.25) is 5.15 Å². The van der Waals surface area contributed by atoms with Gasteiger partial charge < -0.3 is 5.11 Å². The summed E-state index contributed by atoms with van der Waals surface area (Å²) in [6.07, 6.45) is 4.77. The molecular formula is C17H21ClN2O. The summed E-state index contributed by atoms with van der Waals surface area (Å²) in [7, 11) is 0. The Hall–Kier alpha value is -1.32. The zero-order valence-electron chi connectivity index (χ0n) is 12.6. The lowest BCUT2D eigenvalue weighted by Gasteiger charge is -2.07. The van der Waals surface area contributed by atoms with Gasteiger partial charge in [-0.15, -0.1) is 0 Å². The number of aliphatic hydroxyl groups excluding tert-OH is 1. The van der Waals surface area contributed by atoms with Crippen molar-refractivity contribution in [3.63, 3.8) is 0 Å². The van der Waals surface area contributed by atoms with Gasteiger partial charge >= 0.3 is 0 Å². The number of hydrogen-bond donors (Lipinski definition) is 1. The van der Waals surface area contributed by atoms with Crippen LogP contribution in [0, 0.1) is 13.8 Å². The standard InChI is InChI=1S/C17H21ClN2O/c1-11-7-12(2)9-14(8-11)20-17(18)15(10-21)16(19-20)13-5-3-4-6-13/h7-9,13,21H,3-6,10H2,1-2H3. The maximum absolute atomic E-state index is 9.69. The van der Waals surface area contributed by atoms with Crippen molar-refractivity contribution in [3.8, 4) is 5.69 Å².